The molecule has 0 aromatic rings. The molecule has 1 heterocycles. The van der Waals surface area contributed by atoms with Gasteiger partial charge in [0.05, 0.1) is 0 Å². The van der Waals surface area contributed by atoms with Crippen molar-refractivity contribution >= 4 is 5.91 Å². The number of carbonyl (C=O) groups excluding carboxylic acids is 1. The minimum atomic E-state index is 0.127. The van der Waals surface area contributed by atoms with Gasteiger partial charge in [0.1, 0.15) is 6.61 Å². The SMILES string of the molecule is CCOCC(=O)N1CCCN(C)CC1. The van der Waals surface area contributed by atoms with Crippen molar-refractivity contribution in [1.82, 2.24) is 9.80 Å². The smallest absolute Gasteiger partial charge is 0.248 e. The Kier molecular flexibility index (Phi) is 4.90. The second-order valence-electron chi connectivity index (χ2n) is 3.67. The van der Waals surface area contributed by atoms with E-state index in [0.717, 1.165) is 32.6 Å². The molecular weight excluding hydrogens is 180 g/mol. The van der Waals surface area contributed by atoms with Crippen molar-refractivity contribution in [3.63, 3.8) is 0 Å². The highest BCUT2D eigenvalue weighted by molar-refractivity contribution is 5.77. The molecule has 1 amide bonds. The Labute approximate surface area is 85.8 Å². The predicted octanol–water partition coefficient (Wildman–Crippen LogP) is 0.187. The van der Waals surface area contributed by atoms with Crippen molar-refractivity contribution in [1.29, 1.82) is 0 Å². The van der Waals surface area contributed by atoms with Crippen LogP contribution >= 0.6 is 0 Å². The van der Waals surface area contributed by atoms with Crippen molar-refractivity contribution in [2.45, 2.75) is 13.3 Å². The van der Waals surface area contributed by atoms with Crippen LogP contribution in [0.5, 0.6) is 0 Å². The van der Waals surface area contributed by atoms with Crippen LogP contribution in [-0.4, -0.2) is 62.1 Å². The van der Waals surface area contributed by atoms with Crippen LogP contribution in [0.4, 0.5) is 0 Å². The first-order valence-corrected chi connectivity index (χ1v) is 5.28. The van der Waals surface area contributed by atoms with Gasteiger partial charge in [0.25, 0.3) is 0 Å². The number of nitrogens with zero attached hydrogens (tertiary/aromatic N) is 2. The van der Waals surface area contributed by atoms with Crippen LogP contribution in [0, 0.1) is 0 Å². The second-order valence-corrected chi connectivity index (χ2v) is 3.67. The largest absolute Gasteiger partial charge is 0.372 e. The highest BCUT2D eigenvalue weighted by Crippen LogP contribution is 2.01. The van der Waals surface area contributed by atoms with Gasteiger partial charge in [-0.15, -0.1) is 0 Å². The Balaban J connectivity index is 2.31. The van der Waals surface area contributed by atoms with Gasteiger partial charge in [-0.3, -0.25) is 4.79 Å². The van der Waals surface area contributed by atoms with Gasteiger partial charge in [0.15, 0.2) is 0 Å². The van der Waals surface area contributed by atoms with Crippen molar-refractivity contribution in [2.75, 3.05) is 46.4 Å². The first-order valence-electron chi connectivity index (χ1n) is 5.28. The van der Waals surface area contributed by atoms with Crippen molar-refractivity contribution in [3.05, 3.63) is 0 Å². The van der Waals surface area contributed by atoms with Gasteiger partial charge in [0, 0.05) is 26.2 Å². The Morgan fingerprint density at radius 1 is 1.29 bits per heavy atom. The standard InChI is InChI=1S/C10H20N2O2/c1-3-14-9-10(13)12-6-4-5-11(2)7-8-12/h3-9H2,1-2H3. The summed E-state index contributed by atoms with van der Waals surface area (Å²) in [6, 6.07) is 0. The first-order chi connectivity index (χ1) is 6.74. The van der Waals surface area contributed by atoms with Crippen LogP contribution < -0.4 is 0 Å². The second kappa shape index (κ2) is 5.98. The van der Waals surface area contributed by atoms with Gasteiger partial charge in [-0.1, -0.05) is 0 Å². The molecule has 0 aliphatic carbocycles. The van der Waals surface area contributed by atoms with Gasteiger partial charge in [-0.05, 0) is 26.9 Å². The van der Waals surface area contributed by atoms with E-state index in [9.17, 15) is 4.79 Å². The average molecular weight is 200 g/mol. The number of likely N-dealkylation sites (N-methyl/N-ethyl adjacent to an activating group) is 1. The lowest BCUT2D eigenvalue weighted by Crippen LogP contribution is -2.36. The molecule has 14 heavy (non-hydrogen) atoms. The summed E-state index contributed by atoms with van der Waals surface area (Å²) < 4.78 is 5.11. The molecule has 0 atom stereocenters. The molecule has 4 nitrogen and oxygen atoms in total. The van der Waals surface area contributed by atoms with Crippen molar-refractivity contribution < 1.29 is 9.53 Å². The van der Waals surface area contributed by atoms with Crippen LogP contribution in [0.2, 0.25) is 0 Å². The van der Waals surface area contributed by atoms with E-state index in [1.807, 2.05) is 11.8 Å². The normalized spacial score (nSPS) is 19.4. The molecule has 0 bridgehead atoms. The number of ether oxygens (including phenoxy) is 1. The molecule has 1 rings (SSSR count). The Hall–Kier alpha value is -0.610. The van der Waals surface area contributed by atoms with E-state index in [-0.39, 0.29) is 12.5 Å². The van der Waals surface area contributed by atoms with Gasteiger partial charge in [0.2, 0.25) is 5.91 Å². The number of rotatable bonds is 3. The summed E-state index contributed by atoms with van der Waals surface area (Å²) in [5.41, 5.74) is 0. The van der Waals surface area contributed by atoms with Crippen LogP contribution in [0.25, 0.3) is 0 Å². The third kappa shape index (κ3) is 3.64. The van der Waals surface area contributed by atoms with Gasteiger partial charge < -0.3 is 14.5 Å². The first kappa shape index (κ1) is 11.5. The minimum absolute atomic E-state index is 0.127. The lowest BCUT2D eigenvalue weighted by atomic mass is 10.4. The maximum absolute atomic E-state index is 11.6. The van der Waals surface area contributed by atoms with E-state index < -0.39 is 0 Å². The quantitative estimate of drug-likeness (QED) is 0.652. The Morgan fingerprint density at radius 3 is 2.79 bits per heavy atom. The Morgan fingerprint density at radius 2 is 2.07 bits per heavy atom. The number of hydrogen-bond donors (Lipinski definition) is 0. The molecule has 82 valence electrons. The maximum Gasteiger partial charge on any atom is 0.248 e. The number of hydrogen-bond acceptors (Lipinski definition) is 3. The summed E-state index contributed by atoms with van der Waals surface area (Å²) in [7, 11) is 2.09. The topological polar surface area (TPSA) is 32.8 Å². The molecule has 0 aromatic heterocycles. The molecule has 1 aliphatic rings. The zero-order chi connectivity index (χ0) is 10.4. The van der Waals surface area contributed by atoms with Crippen LogP contribution in [0.3, 0.4) is 0 Å². The fraction of sp³-hybridized carbons (Fsp3) is 0.900. The number of carbonyl (C=O) groups is 1. The molecular formula is C10H20N2O2. The summed E-state index contributed by atoms with van der Waals surface area (Å²) in [6.07, 6.45) is 1.06. The molecule has 0 radical (unpaired) electrons. The van der Waals surface area contributed by atoms with Gasteiger partial charge in [-0.2, -0.15) is 0 Å². The van der Waals surface area contributed by atoms with Gasteiger partial charge in [-0.25, -0.2) is 0 Å². The number of amides is 1. The average Bonchev–Trinajstić information content (AvgIpc) is 2.39. The fourth-order valence-corrected chi connectivity index (χ4v) is 1.58. The van der Waals surface area contributed by atoms with Gasteiger partial charge >= 0.3 is 0 Å². The predicted molar refractivity (Wildman–Crippen MR) is 55.2 cm³/mol. The summed E-state index contributed by atoms with van der Waals surface area (Å²) >= 11 is 0. The van der Waals surface area contributed by atoms with Crippen LogP contribution in [-0.2, 0) is 9.53 Å². The monoisotopic (exact) mass is 200 g/mol. The molecule has 0 aromatic carbocycles. The van der Waals surface area contributed by atoms with E-state index in [1.54, 1.807) is 0 Å². The summed E-state index contributed by atoms with van der Waals surface area (Å²) in [5.74, 6) is 0.127. The summed E-state index contributed by atoms with van der Waals surface area (Å²) in [5, 5.41) is 0. The van der Waals surface area contributed by atoms with E-state index >= 15 is 0 Å². The highest BCUT2D eigenvalue weighted by atomic mass is 16.5. The third-order valence-electron chi connectivity index (χ3n) is 2.50. The third-order valence-corrected chi connectivity index (χ3v) is 2.50. The zero-order valence-electron chi connectivity index (χ0n) is 9.16. The summed E-state index contributed by atoms with van der Waals surface area (Å²) in [4.78, 5) is 15.8. The van der Waals surface area contributed by atoms with Crippen LogP contribution in [0.15, 0.2) is 0 Å². The minimum Gasteiger partial charge on any atom is -0.372 e. The molecule has 0 spiro atoms. The zero-order valence-corrected chi connectivity index (χ0v) is 9.16. The van der Waals surface area contributed by atoms with Crippen molar-refractivity contribution in [2.24, 2.45) is 0 Å². The molecule has 0 N–H and O–H groups in total. The van der Waals surface area contributed by atoms with Crippen LogP contribution in [0.1, 0.15) is 13.3 Å². The Bertz CT molecular complexity index is 185. The molecule has 0 unspecified atom stereocenters. The van der Waals surface area contributed by atoms with E-state index in [4.69, 9.17) is 4.74 Å². The van der Waals surface area contributed by atoms with E-state index in [1.165, 1.54) is 0 Å². The van der Waals surface area contributed by atoms with E-state index in [2.05, 4.69) is 11.9 Å². The lowest BCUT2D eigenvalue weighted by Gasteiger charge is -2.20. The molecule has 0 saturated carbocycles. The molecule has 4 heteroatoms. The lowest BCUT2D eigenvalue weighted by molar-refractivity contribution is -0.135. The maximum atomic E-state index is 11.6. The molecule has 1 fully saturated rings. The van der Waals surface area contributed by atoms with E-state index in [0.29, 0.717) is 6.61 Å². The molecule has 1 aliphatic heterocycles. The fourth-order valence-electron chi connectivity index (χ4n) is 1.58. The molecule has 1 saturated heterocycles. The summed E-state index contributed by atoms with van der Waals surface area (Å²) in [6.45, 7) is 6.51. The highest BCUT2D eigenvalue weighted by Gasteiger charge is 2.16. The van der Waals surface area contributed by atoms with Crippen molar-refractivity contribution in [3.8, 4) is 0 Å².